The Morgan fingerprint density at radius 2 is 1.90 bits per heavy atom. The molecule has 0 saturated heterocycles. The molecule has 1 amide bonds. The van der Waals surface area contributed by atoms with Gasteiger partial charge in [-0.25, -0.2) is 0 Å². The second-order valence-corrected chi connectivity index (χ2v) is 5.86. The Morgan fingerprint density at radius 1 is 1.24 bits per heavy atom. The Bertz CT molecular complexity index is 600. The minimum absolute atomic E-state index is 0.0670. The van der Waals surface area contributed by atoms with Crippen LogP contribution in [0, 0.1) is 12.8 Å². The number of carbonyl (C=O) groups excluding carboxylic acids is 1. The number of nitrogens with zero attached hydrogens (tertiary/aromatic N) is 1. The average molecular weight is 286 g/mol. The van der Waals surface area contributed by atoms with E-state index in [0.29, 0.717) is 17.4 Å². The lowest BCUT2D eigenvalue weighted by Gasteiger charge is -2.14. The highest BCUT2D eigenvalue weighted by Crippen LogP contribution is 2.16. The van der Waals surface area contributed by atoms with Gasteiger partial charge in [0.05, 0.1) is 6.04 Å². The summed E-state index contributed by atoms with van der Waals surface area (Å²) >= 11 is 0. The number of hydrogen-bond acceptors (Lipinski definition) is 3. The van der Waals surface area contributed by atoms with E-state index in [2.05, 4.69) is 48.6 Å². The smallest absolute Gasteiger partial charge is 0.273 e. The van der Waals surface area contributed by atoms with Crippen LogP contribution in [0.5, 0.6) is 0 Å². The average Bonchev–Trinajstić information content (AvgIpc) is 2.85. The van der Waals surface area contributed by atoms with Crippen LogP contribution in [-0.2, 0) is 6.42 Å². The molecule has 1 heterocycles. The van der Waals surface area contributed by atoms with Crippen molar-refractivity contribution in [3.05, 3.63) is 52.9 Å². The SMILES string of the molecule is Cc1cc(C(=O)NC(C)c2ccc(CC(C)C)cc2)no1. The lowest BCUT2D eigenvalue weighted by Crippen LogP contribution is -2.26. The van der Waals surface area contributed by atoms with E-state index in [9.17, 15) is 4.79 Å². The molecule has 1 unspecified atom stereocenters. The molecule has 0 fully saturated rings. The molecule has 0 saturated carbocycles. The summed E-state index contributed by atoms with van der Waals surface area (Å²) in [6.45, 7) is 8.14. The third-order valence-electron chi connectivity index (χ3n) is 3.33. The molecule has 2 aromatic rings. The molecular weight excluding hydrogens is 264 g/mol. The van der Waals surface area contributed by atoms with Crippen LogP contribution in [0.1, 0.15) is 54.2 Å². The Kier molecular flexibility index (Phi) is 4.78. The number of aromatic nitrogens is 1. The molecule has 1 aromatic carbocycles. The van der Waals surface area contributed by atoms with Gasteiger partial charge in [0.15, 0.2) is 5.69 Å². The summed E-state index contributed by atoms with van der Waals surface area (Å²) in [4.78, 5) is 12.0. The van der Waals surface area contributed by atoms with Crippen molar-refractivity contribution in [2.75, 3.05) is 0 Å². The maximum atomic E-state index is 12.0. The van der Waals surface area contributed by atoms with Crippen LogP contribution in [0.2, 0.25) is 0 Å². The molecule has 0 radical (unpaired) electrons. The zero-order chi connectivity index (χ0) is 15.4. The Balaban J connectivity index is 1.99. The number of benzene rings is 1. The molecule has 1 N–H and O–H groups in total. The van der Waals surface area contributed by atoms with Crippen molar-refractivity contribution in [1.82, 2.24) is 10.5 Å². The normalized spacial score (nSPS) is 12.4. The molecule has 1 aromatic heterocycles. The van der Waals surface area contributed by atoms with Gasteiger partial charge in [-0.3, -0.25) is 4.79 Å². The zero-order valence-electron chi connectivity index (χ0n) is 13.0. The highest BCUT2D eigenvalue weighted by atomic mass is 16.5. The van der Waals surface area contributed by atoms with Crippen LogP contribution in [0.15, 0.2) is 34.9 Å². The van der Waals surface area contributed by atoms with Gasteiger partial charge in [0, 0.05) is 6.07 Å². The van der Waals surface area contributed by atoms with Crippen molar-refractivity contribution in [1.29, 1.82) is 0 Å². The number of amides is 1. The molecule has 2 rings (SSSR count). The van der Waals surface area contributed by atoms with Gasteiger partial charge in [-0.15, -0.1) is 0 Å². The molecule has 4 heteroatoms. The maximum Gasteiger partial charge on any atom is 0.273 e. The van der Waals surface area contributed by atoms with E-state index in [1.54, 1.807) is 13.0 Å². The van der Waals surface area contributed by atoms with E-state index in [-0.39, 0.29) is 11.9 Å². The summed E-state index contributed by atoms with van der Waals surface area (Å²) in [5.74, 6) is 1.06. The predicted octanol–water partition coefficient (Wildman–Crippen LogP) is 3.67. The van der Waals surface area contributed by atoms with Gasteiger partial charge in [-0.2, -0.15) is 0 Å². The van der Waals surface area contributed by atoms with Crippen molar-refractivity contribution in [3.8, 4) is 0 Å². The maximum absolute atomic E-state index is 12.0. The number of nitrogens with one attached hydrogen (secondary N) is 1. The summed E-state index contributed by atoms with van der Waals surface area (Å²) in [7, 11) is 0. The summed E-state index contributed by atoms with van der Waals surface area (Å²) < 4.78 is 4.91. The number of aryl methyl sites for hydroxylation is 1. The molecular formula is C17H22N2O2. The molecule has 0 spiro atoms. The van der Waals surface area contributed by atoms with Gasteiger partial charge in [0.2, 0.25) is 0 Å². The fraction of sp³-hybridized carbons (Fsp3) is 0.412. The van der Waals surface area contributed by atoms with Crippen LogP contribution in [0.3, 0.4) is 0 Å². The lowest BCUT2D eigenvalue weighted by atomic mass is 10.00. The molecule has 1 atom stereocenters. The number of hydrogen-bond donors (Lipinski definition) is 1. The molecule has 21 heavy (non-hydrogen) atoms. The first kappa shape index (κ1) is 15.3. The van der Waals surface area contributed by atoms with Crippen LogP contribution >= 0.6 is 0 Å². The van der Waals surface area contributed by atoms with Crippen LogP contribution in [0.25, 0.3) is 0 Å². The molecule has 0 bridgehead atoms. The van der Waals surface area contributed by atoms with Gasteiger partial charge in [-0.05, 0) is 37.3 Å². The van der Waals surface area contributed by atoms with E-state index in [4.69, 9.17) is 4.52 Å². The largest absolute Gasteiger partial charge is 0.361 e. The van der Waals surface area contributed by atoms with Gasteiger partial charge < -0.3 is 9.84 Å². The summed E-state index contributed by atoms with van der Waals surface area (Å²) in [6, 6.07) is 9.94. The van der Waals surface area contributed by atoms with Crippen LogP contribution < -0.4 is 5.32 Å². The summed E-state index contributed by atoms with van der Waals surface area (Å²) in [6.07, 6.45) is 1.07. The van der Waals surface area contributed by atoms with Gasteiger partial charge >= 0.3 is 0 Å². The fourth-order valence-corrected chi connectivity index (χ4v) is 2.24. The van der Waals surface area contributed by atoms with Crippen molar-refractivity contribution < 1.29 is 9.32 Å². The number of rotatable bonds is 5. The molecule has 0 aliphatic rings. The Labute approximate surface area is 125 Å². The van der Waals surface area contributed by atoms with Gasteiger partial charge in [-0.1, -0.05) is 43.3 Å². The van der Waals surface area contributed by atoms with E-state index < -0.39 is 0 Å². The highest BCUT2D eigenvalue weighted by Gasteiger charge is 2.14. The van der Waals surface area contributed by atoms with Crippen molar-refractivity contribution in [2.24, 2.45) is 5.92 Å². The van der Waals surface area contributed by atoms with E-state index in [0.717, 1.165) is 12.0 Å². The lowest BCUT2D eigenvalue weighted by molar-refractivity contribution is 0.0930. The Hall–Kier alpha value is -2.10. The topological polar surface area (TPSA) is 55.1 Å². The number of carbonyl (C=O) groups is 1. The third kappa shape index (κ3) is 4.18. The van der Waals surface area contributed by atoms with E-state index >= 15 is 0 Å². The van der Waals surface area contributed by atoms with Crippen LogP contribution in [0.4, 0.5) is 0 Å². The van der Waals surface area contributed by atoms with E-state index in [1.807, 2.05) is 6.92 Å². The minimum atomic E-state index is -0.217. The summed E-state index contributed by atoms with van der Waals surface area (Å²) in [5.41, 5.74) is 2.71. The first-order valence-corrected chi connectivity index (χ1v) is 7.28. The first-order valence-electron chi connectivity index (χ1n) is 7.28. The quantitative estimate of drug-likeness (QED) is 0.912. The highest BCUT2D eigenvalue weighted by molar-refractivity contribution is 5.92. The second-order valence-electron chi connectivity index (χ2n) is 5.86. The molecule has 4 nitrogen and oxygen atoms in total. The fourth-order valence-electron chi connectivity index (χ4n) is 2.24. The molecule has 112 valence electrons. The second kappa shape index (κ2) is 6.57. The Morgan fingerprint density at radius 3 is 2.43 bits per heavy atom. The monoisotopic (exact) mass is 286 g/mol. The molecule has 0 aliphatic carbocycles. The molecule has 0 aliphatic heterocycles. The third-order valence-corrected chi connectivity index (χ3v) is 3.33. The summed E-state index contributed by atoms with van der Waals surface area (Å²) in [5, 5.41) is 6.65. The van der Waals surface area contributed by atoms with Gasteiger partial charge in [0.1, 0.15) is 5.76 Å². The standard InChI is InChI=1S/C17H22N2O2/c1-11(2)9-14-5-7-15(8-6-14)13(4)18-17(20)16-10-12(3)21-19-16/h5-8,10-11,13H,9H2,1-4H3,(H,18,20). The van der Waals surface area contributed by atoms with Crippen LogP contribution in [-0.4, -0.2) is 11.1 Å². The first-order chi connectivity index (χ1) is 9.95. The minimum Gasteiger partial charge on any atom is -0.361 e. The van der Waals surface area contributed by atoms with Crippen molar-refractivity contribution >= 4 is 5.91 Å². The van der Waals surface area contributed by atoms with Gasteiger partial charge in [0.25, 0.3) is 5.91 Å². The van der Waals surface area contributed by atoms with Crippen molar-refractivity contribution in [3.63, 3.8) is 0 Å². The zero-order valence-corrected chi connectivity index (χ0v) is 13.0. The van der Waals surface area contributed by atoms with E-state index in [1.165, 1.54) is 5.56 Å². The predicted molar refractivity (Wildman–Crippen MR) is 82.1 cm³/mol. The van der Waals surface area contributed by atoms with Crippen molar-refractivity contribution in [2.45, 2.75) is 40.2 Å².